The monoisotopic (exact) mass is 256 g/mol. The summed E-state index contributed by atoms with van der Waals surface area (Å²) in [5.41, 5.74) is -1.90. The van der Waals surface area contributed by atoms with Gasteiger partial charge >= 0.3 is 6.18 Å². The van der Waals surface area contributed by atoms with Crippen LogP contribution in [-0.2, 0) is 6.18 Å². The Morgan fingerprint density at radius 3 is 2.39 bits per heavy atom. The van der Waals surface area contributed by atoms with Gasteiger partial charge in [0.2, 0.25) is 0 Å². The zero-order valence-electron chi connectivity index (χ0n) is 9.80. The molecule has 0 aliphatic carbocycles. The van der Waals surface area contributed by atoms with Crippen LogP contribution in [0.4, 0.5) is 13.2 Å². The number of rotatable bonds is 2. The van der Waals surface area contributed by atoms with Crippen molar-refractivity contribution in [1.82, 2.24) is 10.3 Å². The third-order valence-electron chi connectivity index (χ3n) is 2.10. The molecule has 1 N–H and O–H groups in total. The van der Waals surface area contributed by atoms with Crippen molar-refractivity contribution in [2.45, 2.75) is 25.6 Å². The van der Waals surface area contributed by atoms with E-state index in [-0.39, 0.29) is 5.56 Å². The molecule has 0 bridgehead atoms. The molecule has 0 atom stereocenters. The Morgan fingerprint density at radius 1 is 1.39 bits per heavy atom. The molecule has 6 heteroatoms. The molecular weight excluding hydrogens is 245 g/mol. The highest BCUT2D eigenvalue weighted by atomic mass is 19.4. The van der Waals surface area contributed by atoms with E-state index in [1.54, 1.807) is 13.8 Å². The van der Waals surface area contributed by atoms with E-state index in [4.69, 9.17) is 6.42 Å². The van der Waals surface area contributed by atoms with E-state index in [0.29, 0.717) is 0 Å². The van der Waals surface area contributed by atoms with Gasteiger partial charge in [-0.3, -0.25) is 9.78 Å². The molecule has 18 heavy (non-hydrogen) atoms. The fraction of sp³-hybridized carbons (Fsp3) is 0.333. The second kappa shape index (κ2) is 4.69. The van der Waals surface area contributed by atoms with Crippen molar-refractivity contribution >= 4 is 5.91 Å². The molecule has 1 aromatic heterocycles. The van der Waals surface area contributed by atoms with Crippen LogP contribution in [0.15, 0.2) is 18.3 Å². The molecule has 0 aromatic carbocycles. The van der Waals surface area contributed by atoms with Crippen LogP contribution in [0.5, 0.6) is 0 Å². The molecule has 0 fully saturated rings. The van der Waals surface area contributed by atoms with E-state index in [1.165, 1.54) is 0 Å². The number of carbonyl (C=O) groups excluding carboxylic acids is 1. The molecule has 3 nitrogen and oxygen atoms in total. The number of terminal acetylenes is 1. The topological polar surface area (TPSA) is 42.0 Å². The number of pyridine rings is 1. The third-order valence-corrected chi connectivity index (χ3v) is 2.10. The van der Waals surface area contributed by atoms with E-state index in [0.717, 1.165) is 18.3 Å². The second-order valence-electron chi connectivity index (χ2n) is 4.15. The maximum atomic E-state index is 12.3. The zero-order chi connectivity index (χ0) is 14.0. The second-order valence-corrected chi connectivity index (χ2v) is 4.15. The molecule has 1 amide bonds. The fourth-order valence-corrected chi connectivity index (χ4v) is 1.09. The lowest BCUT2D eigenvalue weighted by Gasteiger charge is -2.19. The molecular formula is C12H11F3N2O. The molecule has 1 aromatic rings. The number of nitrogens with zero attached hydrogens (tertiary/aromatic N) is 1. The standard InChI is InChI=1S/C12H11F3N2O/c1-4-11(2,3)17-10(18)8-5-6-9(16-7-8)12(13,14)15/h1,5-7H,2-3H3,(H,17,18). The first-order chi connectivity index (χ1) is 8.15. The van der Waals surface area contributed by atoms with E-state index >= 15 is 0 Å². The van der Waals surface area contributed by atoms with Crippen molar-refractivity contribution in [3.63, 3.8) is 0 Å². The molecule has 0 spiro atoms. The van der Waals surface area contributed by atoms with Gasteiger partial charge in [-0.05, 0) is 26.0 Å². The maximum absolute atomic E-state index is 12.3. The molecule has 0 aliphatic rings. The summed E-state index contributed by atoms with van der Waals surface area (Å²) in [6, 6.07) is 1.80. The van der Waals surface area contributed by atoms with Crippen molar-refractivity contribution in [3.05, 3.63) is 29.6 Å². The Labute approximate surface area is 102 Å². The van der Waals surface area contributed by atoms with E-state index in [1.807, 2.05) is 0 Å². The van der Waals surface area contributed by atoms with Crippen LogP contribution in [0.2, 0.25) is 0 Å². The van der Waals surface area contributed by atoms with Crippen LogP contribution in [0.25, 0.3) is 0 Å². The summed E-state index contributed by atoms with van der Waals surface area (Å²) >= 11 is 0. The number of hydrogen-bond acceptors (Lipinski definition) is 2. The van der Waals surface area contributed by atoms with Gasteiger partial charge in [0, 0.05) is 6.20 Å². The summed E-state index contributed by atoms with van der Waals surface area (Å²) in [5, 5.41) is 2.48. The van der Waals surface area contributed by atoms with Crippen molar-refractivity contribution in [2.75, 3.05) is 0 Å². The van der Waals surface area contributed by atoms with Crippen molar-refractivity contribution in [2.24, 2.45) is 0 Å². The zero-order valence-corrected chi connectivity index (χ0v) is 9.80. The molecule has 0 saturated heterocycles. The smallest absolute Gasteiger partial charge is 0.336 e. The van der Waals surface area contributed by atoms with Gasteiger partial charge in [0.15, 0.2) is 0 Å². The summed E-state index contributed by atoms with van der Waals surface area (Å²) in [5.74, 6) is 1.78. The Kier molecular flexibility index (Phi) is 3.65. The van der Waals surface area contributed by atoms with Gasteiger partial charge < -0.3 is 5.32 Å². The van der Waals surface area contributed by atoms with Crippen LogP contribution in [-0.4, -0.2) is 16.4 Å². The van der Waals surface area contributed by atoms with Gasteiger partial charge in [0.05, 0.1) is 11.1 Å². The van der Waals surface area contributed by atoms with Gasteiger partial charge in [0.1, 0.15) is 5.69 Å². The summed E-state index contributed by atoms with van der Waals surface area (Å²) < 4.78 is 36.8. The number of aromatic nitrogens is 1. The summed E-state index contributed by atoms with van der Waals surface area (Å²) in [7, 11) is 0. The van der Waals surface area contributed by atoms with Gasteiger partial charge in [-0.2, -0.15) is 13.2 Å². The lowest BCUT2D eigenvalue weighted by molar-refractivity contribution is -0.141. The van der Waals surface area contributed by atoms with E-state index < -0.39 is 23.3 Å². The minimum atomic E-state index is -4.52. The maximum Gasteiger partial charge on any atom is 0.433 e. The Bertz CT molecular complexity index is 484. The van der Waals surface area contributed by atoms with E-state index in [2.05, 4.69) is 16.2 Å². The SMILES string of the molecule is C#CC(C)(C)NC(=O)c1ccc(C(F)(F)F)nc1. The molecule has 0 aliphatic heterocycles. The van der Waals surface area contributed by atoms with Gasteiger partial charge in [0.25, 0.3) is 5.91 Å². The third kappa shape index (κ3) is 3.48. The highest BCUT2D eigenvalue weighted by molar-refractivity contribution is 5.94. The van der Waals surface area contributed by atoms with Crippen LogP contribution < -0.4 is 5.32 Å². The number of hydrogen-bond donors (Lipinski definition) is 1. The predicted molar refractivity (Wildman–Crippen MR) is 59.6 cm³/mol. The highest BCUT2D eigenvalue weighted by Crippen LogP contribution is 2.27. The first-order valence-corrected chi connectivity index (χ1v) is 4.99. The lowest BCUT2D eigenvalue weighted by atomic mass is 10.1. The Balaban J connectivity index is 2.87. The largest absolute Gasteiger partial charge is 0.433 e. The van der Waals surface area contributed by atoms with Crippen LogP contribution in [0.3, 0.4) is 0 Å². The highest BCUT2D eigenvalue weighted by Gasteiger charge is 2.32. The average Bonchev–Trinajstić information content (AvgIpc) is 2.27. The summed E-state index contributed by atoms with van der Waals surface area (Å²) in [4.78, 5) is 14.8. The number of nitrogens with one attached hydrogen (secondary N) is 1. The Morgan fingerprint density at radius 2 is 2.00 bits per heavy atom. The number of carbonyl (C=O) groups is 1. The van der Waals surface area contributed by atoms with Gasteiger partial charge in [-0.15, -0.1) is 6.42 Å². The first-order valence-electron chi connectivity index (χ1n) is 4.99. The van der Waals surface area contributed by atoms with Crippen LogP contribution in [0.1, 0.15) is 29.9 Å². The first kappa shape index (κ1) is 14.0. The molecule has 0 radical (unpaired) electrons. The fourth-order valence-electron chi connectivity index (χ4n) is 1.09. The molecule has 0 unspecified atom stereocenters. The number of amides is 1. The molecule has 96 valence electrons. The van der Waals surface area contributed by atoms with Crippen LogP contribution in [0, 0.1) is 12.3 Å². The van der Waals surface area contributed by atoms with Gasteiger partial charge in [-0.25, -0.2) is 0 Å². The number of alkyl halides is 3. The van der Waals surface area contributed by atoms with Gasteiger partial charge in [-0.1, -0.05) is 5.92 Å². The summed E-state index contributed by atoms with van der Waals surface area (Å²) in [6.07, 6.45) is 1.53. The summed E-state index contributed by atoms with van der Waals surface area (Å²) in [6.45, 7) is 3.20. The minimum absolute atomic E-state index is 0.0197. The quantitative estimate of drug-likeness (QED) is 0.824. The molecule has 1 rings (SSSR count). The van der Waals surface area contributed by atoms with Crippen molar-refractivity contribution in [3.8, 4) is 12.3 Å². The molecule has 1 heterocycles. The van der Waals surface area contributed by atoms with Crippen molar-refractivity contribution in [1.29, 1.82) is 0 Å². The minimum Gasteiger partial charge on any atom is -0.336 e. The number of halogens is 3. The molecule has 0 saturated carbocycles. The van der Waals surface area contributed by atoms with Crippen molar-refractivity contribution < 1.29 is 18.0 Å². The Hall–Kier alpha value is -2.03. The van der Waals surface area contributed by atoms with E-state index in [9.17, 15) is 18.0 Å². The normalized spacial score (nSPS) is 11.8. The predicted octanol–water partition coefficient (Wildman–Crippen LogP) is 2.24. The lowest BCUT2D eigenvalue weighted by Crippen LogP contribution is -2.42. The van der Waals surface area contributed by atoms with Crippen LogP contribution >= 0.6 is 0 Å². The average molecular weight is 256 g/mol.